The zero-order chi connectivity index (χ0) is 19.3. The normalized spacial score (nSPS) is 14.7. The van der Waals surface area contributed by atoms with Gasteiger partial charge in [-0.3, -0.25) is 14.7 Å². The minimum atomic E-state index is 0. The van der Waals surface area contributed by atoms with Gasteiger partial charge in [0.2, 0.25) is 0 Å². The second-order valence-electron chi connectivity index (χ2n) is 7.14. The first-order chi connectivity index (χ1) is 13.8. The van der Waals surface area contributed by atoms with E-state index in [0.29, 0.717) is 6.61 Å². The maximum atomic E-state index is 13.2. The molecule has 0 N–H and O–H groups in total. The Morgan fingerprint density at radius 2 is 1.83 bits per heavy atom. The van der Waals surface area contributed by atoms with Gasteiger partial charge < -0.3 is 14.2 Å². The third kappa shape index (κ3) is 4.78. The van der Waals surface area contributed by atoms with Crippen LogP contribution in [0.25, 0.3) is 10.9 Å². The Morgan fingerprint density at radius 3 is 2.55 bits per heavy atom. The van der Waals surface area contributed by atoms with Crippen LogP contribution in [0.4, 0.5) is 0 Å². The Balaban J connectivity index is 0.00000240. The summed E-state index contributed by atoms with van der Waals surface area (Å²) >= 11 is 0. The van der Waals surface area contributed by atoms with Crippen molar-refractivity contribution in [2.75, 3.05) is 39.9 Å². The molecule has 0 radical (unpaired) electrons. The third-order valence-corrected chi connectivity index (χ3v) is 5.33. The highest BCUT2D eigenvalue weighted by molar-refractivity contribution is 6.07. The smallest absolute Gasteiger partial charge is 0.256 e. The Morgan fingerprint density at radius 1 is 1.07 bits per heavy atom. The second-order valence-corrected chi connectivity index (χ2v) is 7.14. The quantitative estimate of drug-likeness (QED) is 0.622. The number of amides is 1. The van der Waals surface area contributed by atoms with E-state index in [1.165, 1.54) is 0 Å². The molecule has 1 saturated heterocycles. The van der Waals surface area contributed by atoms with E-state index in [9.17, 15) is 4.79 Å². The average molecular weight is 415 g/mol. The number of fused-ring (bicyclic) bond motifs is 1. The highest BCUT2D eigenvalue weighted by Gasteiger charge is 2.25. The largest absolute Gasteiger partial charge is 0.383 e. The molecule has 1 aromatic carbocycles. The number of methoxy groups -OCH3 is 1. The minimum absolute atomic E-state index is 0. The number of carbonyl (C=O) groups is 1. The fourth-order valence-electron chi connectivity index (χ4n) is 3.79. The van der Waals surface area contributed by atoms with Gasteiger partial charge in [0.25, 0.3) is 5.91 Å². The SMILES string of the molecule is COCCn1cc(C(=O)N2CCN(Cc3ccccn3)CC2)c2ccccc21.Cl. The predicted molar refractivity (Wildman–Crippen MR) is 116 cm³/mol. The van der Waals surface area contributed by atoms with Gasteiger partial charge in [-0.2, -0.15) is 0 Å². The Labute approximate surface area is 177 Å². The summed E-state index contributed by atoms with van der Waals surface area (Å²) in [6.45, 7) is 5.40. The number of nitrogens with zero attached hydrogens (tertiary/aromatic N) is 4. The molecular formula is C22H27ClN4O2. The fraction of sp³-hybridized carbons (Fsp3) is 0.364. The van der Waals surface area contributed by atoms with Gasteiger partial charge in [-0.1, -0.05) is 24.3 Å². The summed E-state index contributed by atoms with van der Waals surface area (Å²) in [6, 6.07) is 14.1. The molecule has 7 heteroatoms. The summed E-state index contributed by atoms with van der Waals surface area (Å²) < 4.78 is 7.33. The number of piperazine rings is 1. The summed E-state index contributed by atoms with van der Waals surface area (Å²) in [4.78, 5) is 21.9. The van der Waals surface area contributed by atoms with Crippen LogP contribution in [0.3, 0.4) is 0 Å². The molecule has 1 amide bonds. The number of pyridine rings is 1. The highest BCUT2D eigenvalue weighted by Crippen LogP contribution is 2.23. The molecule has 0 unspecified atom stereocenters. The van der Waals surface area contributed by atoms with E-state index in [-0.39, 0.29) is 18.3 Å². The molecule has 154 valence electrons. The Hall–Kier alpha value is -2.41. The molecule has 1 fully saturated rings. The van der Waals surface area contributed by atoms with Crippen LogP contribution in [0.2, 0.25) is 0 Å². The van der Waals surface area contributed by atoms with E-state index in [4.69, 9.17) is 4.74 Å². The molecule has 3 aromatic rings. The molecule has 0 spiro atoms. The van der Waals surface area contributed by atoms with Gasteiger partial charge >= 0.3 is 0 Å². The number of ether oxygens (including phenoxy) is 1. The van der Waals surface area contributed by atoms with E-state index < -0.39 is 0 Å². The molecular weight excluding hydrogens is 388 g/mol. The molecule has 1 aliphatic rings. The second kappa shape index (κ2) is 9.87. The molecule has 0 bridgehead atoms. The molecule has 0 atom stereocenters. The average Bonchev–Trinajstić information content (AvgIpc) is 3.12. The van der Waals surface area contributed by atoms with Crippen LogP contribution >= 0.6 is 12.4 Å². The van der Waals surface area contributed by atoms with Crippen molar-refractivity contribution in [2.45, 2.75) is 13.1 Å². The first-order valence-corrected chi connectivity index (χ1v) is 9.74. The van der Waals surface area contributed by atoms with E-state index in [0.717, 1.165) is 61.4 Å². The molecule has 0 saturated carbocycles. The lowest BCUT2D eigenvalue weighted by Gasteiger charge is -2.34. The molecule has 0 aliphatic carbocycles. The number of hydrogen-bond donors (Lipinski definition) is 0. The van der Waals surface area contributed by atoms with Gasteiger partial charge in [0.05, 0.1) is 17.9 Å². The number of carbonyl (C=O) groups excluding carboxylic acids is 1. The zero-order valence-corrected chi connectivity index (χ0v) is 17.5. The highest BCUT2D eigenvalue weighted by atomic mass is 35.5. The van der Waals surface area contributed by atoms with E-state index in [2.05, 4.69) is 20.5 Å². The minimum Gasteiger partial charge on any atom is -0.383 e. The lowest BCUT2D eigenvalue weighted by atomic mass is 10.1. The first-order valence-electron chi connectivity index (χ1n) is 9.74. The molecule has 2 aromatic heterocycles. The van der Waals surface area contributed by atoms with Crippen molar-refractivity contribution in [2.24, 2.45) is 0 Å². The number of benzene rings is 1. The Kier molecular flexibility index (Phi) is 7.25. The van der Waals surface area contributed by atoms with Crippen molar-refractivity contribution in [3.8, 4) is 0 Å². The number of hydrogen-bond acceptors (Lipinski definition) is 4. The van der Waals surface area contributed by atoms with E-state index in [1.807, 2.05) is 53.7 Å². The number of rotatable bonds is 6. The predicted octanol–water partition coefficient (Wildman–Crippen LogP) is 3.06. The van der Waals surface area contributed by atoms with Crippen LogP contribution in [-0.2, 0) is 17.8 Å². The molecule has 3 heterocycles. The van der Waals surface area contributed by atoms with Crippen molar-refractivity contribution < 1.29 is 9.53 Å². The number of halogens is 1. The summed E-state index contributed by atoms with van der Waals surface area (Å²) in [5.74, 6) is 0.116. The van der Waals surface area contributed by atoms with Crippen LogP contribution in [0.15, 0.2) is 54.9 Å². The summed E-state index contributed by atoms with van der Waals surface area (Å²) in [5, 5.41) is 1.01. The van der Waals surface area contributed by atoms with Crippen LogP contribution in [0.5, 0.6) is 0 Å². The lowest BCUT2D eigenvalue weighted by Crippen LogP contribution is -2.48. The number of aromatic nitrogens is 2. The lowest BCUT2D eigenvalue weighted by molar-refractivity contribution is 0.0628. The topological polar surface area (TPSA) is 50.6 Å². The van der Waals surface area contributed by atoms with Gasteiger partial charge in [-0.05, 0) is 18.2 Å². The van der Waals surface area contributed by atoms with E-state index in [1.54, 1.807) is 7.11 Å². The zero-order valence-electron chi connectivity index (χ0n) is 16.7. The van der Waals surface area contributed by atoms with Crippen molar-refractivity contribution in [3.63, 3.8) is 0 Å². The van der Waals surface area contributed by atoms with Gasteiger partial charge in [0, 0.05) is 69.7 Å². The van der Waals surface area contributed by atoms with Crippen LogP contribution < -0.4 is 0 Å². The monoisotopic (exact) mass is 414 g/mol. The van der Waals surface area contributed by atoms with Gasteiger partial charge in [-0.15, -0.1) is 12.4 Å². The fourth-order valence-corrected chi connectivity index (χ4v) is 3.79. The van der Waals surface area contributed by atoms with E-state index >= 15 is 0 Å². The molecule has 1 aliphatic heterocycles. The summed E-state index contributed by atoms with van der Waals surface area (Å²) in [7, 11) is 1.70. The van der Waals surface area contributed by atoms with Crippen molar-refractivity contribution in [1.29, 1.82) is 0 Å². The van der Waals surface area contributed by atoms with Crippen molar-refractivity contribution in [3.05, 3.63) is 66.1 Å². The van der Waals surface area contributed by atoms with Crippen LogP contribution in [0, 0.1) is 0 Å². The van der Waals surface area contributed by atoms with Crippen molar-refractivity contribution in [1.82, 2.24) is 19.4 Å². The standard InChI is InChI=1S/C22H26N4O2.ClH/c1-28-15-14-26-17-20(19-7-2-3-8-21(19)26)22(27)25-12-10-24(11-13-25)16-18-6-4-5-9-23-18;/h2-9,17H,10-16H2,1H3;1H. The maximum absolute atomic E-state index is 13.2. The first kappa shape index (κ1) is 21.3. The molecule has 6 nitrogen and oxygen atoms in total. The third-order valence-electron chi connectivity index (χ3n) is 5.33. The maximum Gasteiger partial charge on any atom is 0.256 e. The summed E-state index contributed by atoms with van der Waals surface area (Å²) in [5.41, 5.74) is 2.94. The van der Waals surface area contributed by atoms with Crippen molar-refractivity contribution >= 4 is 29.2 Å². The summed E-state index contributed by atoms with van der Waals surface area (Å²) in [6.07, 6.45) is 3.81. The van der Waals surface area contributed by atoms with Crippen LogP contribution in [-0.4, -0.2) is 65.2 Å². The number of para-hydroxylation sites is 1. The molecule has 29 heavy (non-hydrogen) atoms. The van der Waals surface area contributed by atoms with Gasteiger partial charge in [0.15, 0.2) is 0 Å². The Bertz CT molecular complexity index is 936. The van der Waals surface area contributed by atoms with Crippen LogP contribution in [0.1, 0.15) is 16.1 Å². The van der Waals surface area contributed by atoms with Gasteiger partial charge in [-0.25, -0.2) is 0 Å². The van der Waals surface area contributed by atoms with Gasteiger partial charge in [0.1, 0.15) is 0 Å². The molecule has 4 rings (SSSR count).